The summed E-state index contributed by atoms with van der Waals surface area (Å²) >= 11 is 5.93. The van der Waals surface area contributed by atoms with E-state index in [1.807, 2.05) is 29.2 Å². The molecular formula is C15H18ClNO3. The number of carbonyl (C=O) groups is 1. The Bertz CT molecular complexity index is 494. The Morgan fingerprint density at radius 1 is 1.35 bits per heavy atom. The number of fused-ring (bicyclic) bond motifs is 1. The molecule has 20 heavy (non-hydrogen) atoms. The predicted octanol–water partition coefficient (Wildman–Crippen LogP) is 1.70. The molecule has 3 rings (SSSR count). The van der Waals surface area contributed by atoms with E-state index in [1.54, 1.807) is 0 Å². The number of ether oxygens (including phenoxy) is 2. The zero-order valence-electron chi connectivity index (χ0n) is 11.3. The Morgan fingerprint density at radius 3 is 3.05 bits per heavy atom. The number of rotatable bonds is 2. The highest BCUT2D eigenvalue weighted by Crippen LogP contribution is 2.28. The number of carbonyl (C=O) groups excluding carboxylic acids is 1. The van der Waals surface area contributed by atoms with Crippen molar-refractivity contribution < 1.29 is 14.3 Å². The van der Waals surface area contributed by atoms with Gasteiger partial charge in [0.2, 0.25) is 5.91 Å². The molecule has 2 aliphatic heterocycles. The van der Waals surface area contributed by atoms with E-state index in [0.717, 1.165) is 17.7 Å². The van der Waals surface area contributed by atoms with Crippen molar-refractivity contribution in [2.75, 3.05) is 32.2 Å². The summed E-state index contributed by atoms with van der Waals surface area (Å²) in [5.41, 5.74) is 1.10. The summed E-state index contributed by atoms with van der Waals surface area (Å²) in [6.07, 6.45) is 0.737. The van der Waals surface area contributed by atoms with Gasteiger partial charge in [0.05, 0.1) is 25.2 Å². The molecule has 0 spiro atoms. The number of hydrogen-bond donors (Lipinski definition) is 0. The van der Waals surface area contributed by atoms with Crippen LogP contribution in [-0.4, -0.2) is 49.1 Å². The van der Waals surface area contributed by atoms with Crippen LogP contribution in [0, 0.1) is 5.92 Å². The molecule has 1 aromatic rings. The van der Waals surface area contributed by atoms with E-state index >= 15 is 0 Å². The lowest BCUT2D eigenvalue weighted by Gasteiger charge is -2.37. The van der Waals surface area contributed by atoms with E-state index < -0.39 is 0 Å². The number of amides is 1. The van der Waals surface area contributed by atoms with E-state index in [-0.39, 0.29) is 17.9 Å². The predicted molar refractivity (Wildman–Crippen MR) is 76.2 cm³/mol. The highest BCUT2D eigenvalue weighted by atomic mass is 35.5. The third-order valence-electron chi connectivity index (χ3n) is 3.92. The number of benzene rings is 1. The van der Waals surface area contributed by atoms with Gasteiger partial charge in [-0.2, -0.15) is 0 Å². The smallest absolute Gasteiger partial charge is 0.229 e. The third-order valence-corrected chi connectivity index (χ3v) is 4.27. The fourth-order valence-corrected chi connectivity index (χ4v) is 3.05. The average Bonchev–Trinajstić information content (AvgIpc) is 2.53. The first-order valence-corrected chi connectivity index (χ1v) is 7.48. The first-order valence-electron chi connectivity index (χ1n) is 6.94. The van der Waals surface area contributed by atoms with Gasteiger partial charge in [-0.25, -0.2) is 0 Å². The van der Waals surface area contributed by atoms with Crippen LogP contribution in [0.4, 0.5) is 0 Å². The van der Waals surface area contributed by atoms with Gasteiger partial charge in [0, 0.05) is 12.4 Å². The number of halogens is 1. The van der Waals surface area contributed by atoms with E-state index in [0.29, 0.717) is 32.2 Å². The Morgan fingerprint density at radius 2 is 2.20 bits per heavy atom. The molecule has 4 nitrogen and oxygen atoms in total. The highest BCUT2D eigenvalue weighted by Gasteiger charge is 2.34. The second kappa shape index (κ2) is 6.02. The van der Waals surface area contributed by atoms with Gasteiger partial charge in [-0.1, -0.05) is 18.2 Å². The summed E-state index contributed by atoms with van der Waals surface area (Å²) in [4.78, 5) is 14.5. The van der Waals surface area contributed by atoms with E-state index in [1.165, 1.54) is 0 Å². The molecule has 108 valence electrons. The Kier molecular flexibility index (Phi) is 4.13. The van der Waals surface area contributed by atoms with Gasteiger partial charge < -0.3 is 14.4 Å². The van der Waals surface area contributed by atoms with Crippen molar-refractivity contribution in [2.24, 2.45) is 5.92 Å². The Labute approximate surface area is 123 Å². The van der Waals surface area contributed by atoms with Crippen molar-refractivity contribution in [3.63, 3.8) is 0 Å². The first kappa shape index (κ1) is 13.7. The van der Waals surface area contributed by atoms with Crippen LogP contribution < -0.4 is 4.74 Å². The number of alkyl halides is 1. The maximum Gasteiger partial charge on any atom is 0.229 e. The largest absolute Gasteiger partial charge is 0.492 e. The minimum atomic E-state index is -0.117. The molecule has 2 unspecified atom stereocenters. The maximum atomic E-state index is 12.7. The van der Waals surface area contributed by atoms with E-state index in [9.17, 15) is 4.79 Å². The third kappa shape index (κ3) is 2.63. The maximum absolute atomic E-state index is 12.7. The number of para-hydroxylation sites is 1. The molecule has 1 amide bonds. The summed E-state index contributed by atoms with van der Waals surface area (Å²) in [6.45, 7) is 2.18. The van der Waals surface area contributed by atoms with Crippen molar-refractivity contribution in [3.05, 3.63) is 29.8 Å². The standard InChI is InChI=1S/C15H18ClNO3/c16-8-13-10-19-6-5-17(13)15(18)12-7-11-3-1-2-4-14(11)20-9-12/h1-4,12-13H,5-10H2. The number of morpholine rings is 1. The van der Waals surface area contributed by atoms with Crippen LogP contribution in [0.5, 0.6) is 5.75 Å². The first-order chi connectivity index (χ1) is 9.79. The lowest BCUT2D eigenvalue weighted by Crippen LogP contribution is -2.53. The minimum Gasteiger partial charge on any atom is -0.492 e. The lowest BCUT2D eigenvalue weighted by molar-refractivity contribution is -0.144. The van der Waals surface area contributed by atoms with Crippen molar-refractivity contribution >= 4 is 17.5 Å². The van der Waals surface area contributed by atoms with Gasteiger partial charge in [0.1, 0.15) is 12.4 Å². The molecule has 1 aromatic carbocycles. The van der Waals surface area contributed by atoms with Gasteiger partial charge >= 0.3 is 0 Å². The zero-order valence-corrected chi connectivity index (χ0v) is 12.0. The molecule has 0 aromatic heterocycles. The minimum absolute atomic E-state index is 0.0184. The van der Waals surface area contributed by atoms with Gasteiger partial charge in [-0.05, 0) is 18.1 Å². The monoisotopic (exact) mass is 295 g/mol. The molecule has 5 heteroatoms. The molecule has 0 radical (unpaired) electrons. The van der Waals surface area contributed by atoms with Gasteiger partial charge in [0.25, 0.3) is 0 Å². The van der Waals surface area contributed by atoms with Crippen LogP contribution in [0.2, 0.25) is 0 Å². The fourth-order valence-electron chi connectivity index (χ4n) is 2.79. The van der Waals surface area contributed by atoms with Crippen LogP contribution >= 0.6 is 11.6 Å². The van der Waals surface area contributed by atoms with Gasteiger partial charge in [0.15, 0.2) is 0 Å². The molecule has 2 atom stereocenters. The van der Waals surface area contributed by atoms with Crippen molar-refractivity contribution in [1.82, 2.24) is 4.90 Å². The second-order valence-electron chi connectivity index (χ2n) is 5.23. The van der Waals surface area contributed by atoms with Crippen molar-refractivity contribution in [3.8, 4) is 5.75 Å². The summed E-state index contributed by atoms with van der Waals surface area (Å²) in [5, 5.41) is 0. The summed E-state index contributed by atoms with van der Waals surface area (Å²) in [5.74, 6) is 1.32. The topological polar surface area (TPSA) is 38.8 Å². The Hall–Kier alpha value is -1.26. The average molecular weight is 296 g/mol. The Balaban J connectivity index is 1.72. The molecule has 0 saturated carbocycles. The van der Waals surface area contributed by atoms with Crippen LogP contribution in [0.1, 0.15) is 5.56 Å². The van der Waals surface area contributed by atoms with E-state index in [2.05, 4.69) is 0 Å². The van der Waals surface area contributed by atoms with Crippen LogP contribution in [-0.2, 0) is 16.0 Å². The molecule has 1 fully saturated rings. The quantitative estimate of drug-likeness (QED) is 0.780. The van der Waals surface area contributed by atoms with Gasteiger partial charge in [-0.3, -0.25) is 4.79 Å². The summed E-state index contributed by atoms with van der Waals surface area (Å²) < 4.78 is 11.1. The number of nitrogens with zero attached hydrogens (tertiary/aromatic N) is 1. The molecule has 2 aliphatic rings. The van der Waals surface area contributed by atoms with Crippen LogP contribution in [0.3, 0.4) is 0 Å². The second-order valence-corrected chi connectivity index (χ2v) is 5.54. The zero-order chi connectivity index (χ0) is 13.9. The molecule has 1 saturated heterocycles. The number of hydrogen-bond acceptors (Lipinski definition) is 3. The van der Waals surface area contributed by atoms with Crippen LogP contribution in [0.15, 0.2) is 24.3 Å². The van der Waals surface area contributed by atoms with E-state index in [4.69, 9.17) is 21.1 Å². The summed E-state index contributed by atoms with van der Waals surface area (Å²) in [7, 11) is 0. The van der Waals surface area contributed by atoms with Crippen molar-refractivity contribution in [2.45, 2.75) is 12.5 Å². The van der Waals surface area contributed by atoms with Gasteiger partial charge in [-0.15, -0.1) is 11.6 Å². The fraction of sp³-hybridized carbons (Fsp3) is 0.533. The molecular weight excluding hydrogens is 278 g/mol. The molecule has 0 bridgehead atoms. The molecule has 2 heterocycles. The SMILES string of the molecule is O=C(C1COc2ccccc2C1)N1CCOCC1CCl. The van der Waals surface area contributed by atoms with Crippen LogP contribution in [0.25, 0.3) is 0 Å². The highest BCUT2D eigenvalue weighted by molar-refractivity contribution is 6.18. The molecule has 0 N–H and O–H groups in total. The normalized spacial score (nSPS) is 25.8. The molecule has 0 aliphatic carbocycles. The van der Waals surface area contributed by atoms with Crippen molar-refractivity contribution in [1.29, 1.82) is 0 Å². The summed E-state index contributed by atoms with van der Waals surface area (Å²) in [6, 6.07) is 7.88. The lowest BCUT2D eigenvalue weighted by atomic mass is 9.95.